The first kappa shape index (κ1) is 20.1. The second-order valence-corrected chi connectivity index (χ2v) is 7.69. The van der Waals surface area contributed by atoms with Gasteiger partial charge in [-0.2, -0.15) is 0 Å². The third-order valence-electron chi connectivity index (χ3n) is 5.84. The minimum atomic E-state index is -0.0961. The Hall–Kier alpha value is -3.22. The molecule has 7 nitrogen and oxygen atoms in total. The molecule has 1 aromatic heterocycles. The molecule has 2 amide bonds. The van der Waals surface area contributed by atoms with Crippen molar-refractivity contribution in [1.82, 2.24) is 14.5 Å². The van der Waals surface area contributed by atoms with Crippen LogP contribution in [-0.2, 0) is 6.54 Å². The maximum absolute atomic E-state index is 12.8. The molecule has 0 spiro atoms. The Balaban J connectivity index is 1.36. The van der Waals surface area contributed by atoms with Gasteiger partial charge in [0.15, 0.2) is 0 Å². The molecule has 1 aliphatic rings. The Kier molecular flexibility index (Phi) is 5.79. The van der Waals surface area contributed by atoms with Crippen LogP contribution in [0.5, 0.6) is 11.5 Å². The number of para-hydroxylation sites is 2. The van der Waals surface area contributed by atoms with Crippen LogP contribution in [0.3, 0.4) is 0 Å². The lowest BCUT2D eigenvalue weighted by Crippen LogP contribution is -2.41. The third kappa shape index (κ3) is 4.06. The number of amides is 2. The van der Waals surface area contributed by atoms with Crippen LogP contribution in [-0.4, -0.2) is 47.8 Å². The van der Waals surface area contributed by atoms with Crippen LogP contribution in [0.15, 0.2) is 42.5 Å². The average Bonchev–Trinajstić information content (AvgIpc) is 3.09. The highest BCUT2D eigenvalue weighted by atomic mass is 16.5. The predicted molar refractivity (Wildman–Crippen MR) is 117 cm³/mol. The number of likely N-dealkylation sites (tertiary alicyclic amines) is 1. The summed E-state index contributed by atoms with van der Waals surface area (Å²) in [5.41, 5.74) is 2.87. The number of benzene rings is 2. The van der Waals surface area contributed by atoms with Crippen LogP contribution in [0.1, 0.15) is 18.7 Å². The zero-order valence-electron chi connectivity index (χ0n) is 17.7. The number of imidazole rings is 1. The second-order valence-electron chi connectivity index (χ2n) is 7.69. The molecule has 30 heavy (non-hydrogen) atoms. The highest BCUT2D eigenvalue weighted by molar-refractivity contribution is 5.91. The Morgan fingerprint density at radius 1 is 1.13 bits per heavy atom. The van der Waals surface area contributed by atoms with E-state index in [0.29, 0.717) is 23.1 Å². The van der Waals surface area contributed by atoms with Gasteiger partial charge in [-0.05, 0) is 49.9 Å². The molecule has 0 radical (unpaired) electrons. The number of aryl methyl sites for hydroxylation is 1. The molecule has 0 unspecified atom stereocenters. The molecule has 0 atom stereocenters. The third-order valence-corrected chi connectivity index (χ3v) is 5.84. The van der Waals surface area contributed by atoms with Gasteiger partial charge in [-0.15, -0.1) is 0 Å². The van der Waals surface area contributed by atoms with Gasteiger partial charge in [-0.3, -0.25) is 0 Å². The van der Waals surface area contributed by atoms with Crippen LogP contribution in [0.2, 0.25) is 0 Å². The van der Waals surface area contributed by atoms with Crippen LogP contribution in [0, 0.1) is 12.8 Å². The first-order chi connectivity index (χ1) is 14.6. The van der Waals surface area contributed by atoms with Crippen molar-refractivity contribution in [3.05, 3.63) is 48.3 Å². The first-order valence-corrected chi connectivity index (χ1v) is 10.3. The number of anilines is 1. The number of fused-ring (bicyclic) bond motifs is 1. The molecule has 1 fully saturated rings. The van der Waals surface area contributed by atoms with Crippen LogP contribution >= 0.6 is 0 Å². The van der Waals surface area contributed by atoms with E-state index < -0.39 is 0 Å². The van der Waals surface area contributed by atoms with Gasteiger partial charge in [0, 0.05) is 25.7 Å². The molecule has 2 aromatic carbocycles. The lowest BCUT2D eigenvalue weighted by molar-refractivity contribution is 0.177. The zero-order chi connectivity index (χ0) is 21.1. The van der Waals surface area contributed by atoms with Crippen LogP contribution in [0.25, 0.3) is 11.0 Å². The number of nitrogens with zero attached hydrogens (tertiary/aromatic N) is 3. The van der Waals surface area contributed by atoms with Gasteiger partial charge in [0.2, 0.25) is 0 Å². The van der Waals surface area contributed by atoms with Crippen molar-refractivity contribution in [2.24, 2.45) is 5.92 Å². The lowest BCUT2D eigenvalue weighted by atomic mass is 9.96. The monoisotopic (exact) mass is 408 g/mol. The number of nitrogens with one attached hydrogen (secondary N) is 1. The van der Waals surface area contributed by atoms with E-state index in [0.717, 1.165) is 43.8 Å². The fourth-order valence-electron chi connectivity index (χ4n) is 4.10. The van der Waals surface area contributed by atoms with Crippen molar-refractivity contribution in [2.75, 3.05) is 32.6 Å². The molecule has 1 saturated heterocycles. The summed E-state index contributed by atoms with van der Waals surface area (Å²) in [5, 5.41) is 2.97. The van der Waals surface area contributed by atoms with E-state index in [2.05, 4.69) is 40.0 Å². The normalized spacial score (nSPS) is 14.7. The number of piperidine rings is 1. The first-order valence-electron chi connectivity index (χ1n) is 10.3. The maximum Gasteiger partial charge on any atom is 0.321 e. The fraction of sp³-hybridized carbons (Fsp3) is 0.391. The molecule has 4 rings (SSSR count). The summed E-state index contributed by atoms with van der Waals surface area (Å²) in [7, 11) is 3.18. The quantitative estimate of drug-likeness (QED) is 0.683. The number of hydrogen-bond acceptors (Lipinski definition) is 4. The number of rotatable bonds is 5. The van der Waals surface area contributed by atoms with Crippen molar-refractivity contribution >= 4 is 22.8 Å². The van der Waals surface area contributed by atoms with Gasteiger partial charge >= 0.3 is 6.03 Å². The highest BCUT2D eigenvalue weighted by Crippen LogP contribution is 2.30. The summed E-state index contributed by atoms with van der Waals surface area (Å²) in [5.74, 6) is 2.84. The topological polar surface area (TPSA) is 68.6 Å². The summed E-state index contributed by atoms with van der Waals surface area (Å²) >= 11 is 0. The standard InChI is InChI=1S/C23H28N4O3/c1-16-24-19-6-4-5-7-21(19)27(16)15-17-10-12-26(13-11-17)23(28)25-20-9-8-18(29-2)14-22(20)30-3/h4-9,14,17H,10-13,15H2,1-3H3,(H,25,28). The van der Waals surface area contributed by atoms with Crippen molar-refractivity contribution in [2.45, 2.75) is 26.3 Å². The molecule has 0 aliphatic carbocycles. The number of urea groups is 1. The molecular weight excluding hydrogens is 380 g/mol. The molecule has 3 aromatic rings. The highest BCUT2D eigenvalue weighted by Gasteiger charge is 2.24. The lowest BCUT2D eigenvalue weighted by Gasteiger charge is -2.32. The summed E-state index contributed by atoms with van der Waals surface area (Å²) in [6.45, 7) is 4.47. The Labute approximate surface area is 176 Å². The second kappa shape index (κ2) is 8.65. The molecule has 1 N–H and O–H groups in total. The largest absolute Gasteiger partial charge is 0.497 e. The number of carbonyl (C=O) groups is 1. The van der Waals surface area contributed by atoms with Crippen molar-refractivity contribution in [3.8, 4) is 11.5 Å². The van der Waals surface area contributed by atoms with Gasteiger partial charge in [0.05, 0.1) is 30.9 Å². The molecule has 7 heteroatoms. The van der Waals surface area contributed by atoms with Gasteiger partial charge < -0.3 is 24.3 Å². The average molecular weight is 409 g/mol. The Morgan fingerprint density at radius 3 is 2.63 bits per heavy atom. The van der Waals surface area contributed by atoms with Gasteiger partial charge in [0.1, 0.15) is 17.3 Å². The van der Waals surface area contributed by atoms with E-state index in [4.69, 9.17) is 9.47 Å². The Bertz CT molecular complexity index is 1040. The van der Waals surface area contributed by atoms with Crippen molar-refractivity contribution in [3.63, 3.8) is 0 Å². The molecule has 158 valence electrons. The van der Waals surface area contributed by atoms with E-state index >= 15 is 0 Å². The van der Waals surface area contributed by atoms with Crippen LogP contribution < -0.4 is 14.8 Å². The number of carbonyl (C=O) groups excluding carboxylic acids is 1. The van der Waals surface area contributed by atoms with Crippen LogP contribution in [0.4, 0.5) is 10.5 Å². The summed E-state index contributed by atoms with van der Waals surface area (Å²) in [4.78, 5) is 19.3. The van der Waals surface area contributed by atoms with E-state index in [1.54, 1.807) is 26.4 Å². The minimum Gasteiger partial charge on any atom is -0.497 e. The summed E-state index contributed by atoms with van der Waals surface area (Å²) in [6, 6.07) is 13.5. The molecule has 1 aliphatic heterocycles. The molecule has 0 bridgehead atoms. The number of methoxy groups -OCH3 is 2. The van der Waals surface area contributed by atoms with Gasteiger partial charge in [0.25, 0.3) is 0 Å². The smallest absolute Gasteiger partial charge is 0.321 e. The summed E-state index contributed by atoms with van der Waals surface area (Å²) in [6.07, 6.45) is 1.94. The van der Waals surface area contributed by atoms with E-state index in [9.17, 15) is 4.79 Å². The number of aromatic nitrogens is 2. The molecule has 0 saturated carbocycles. The van der Waals surface area contributed by atoms with E-state index in [1.165, 1.54) is 5.52 Å². The van der Waals surface area contributed by atoms with Gasteiger partial charge in [-0.1, -0.05) is 12.1 Å². The molecule has 2 heterocycles. The number of hydrogen-bond donors (Lipinski definition) is 1. The summed E-state index contributed by atoms with van der Waals surface area (Å²) < 4.78 is 12.9. The maximum atomic E-state index is 12.8. The predicted octanol–water partition coefficient (Wildman–Crippen LogP) is 4.31. The van der Waals surface area contributed by atoms with E-state index in [1.807, 2.05) is 17.0 Å². The number of ether oxygens (including phenoxy) is 2. The Morgan fingerprint density at radius 2 is 1.90 bits per heavy atom. The van der Waals surface area contributed by atoms with E-state index in [-0.39, 0.29) is 6.03 Å². The SMILES string of the molecule is COc1ccc(NC(=O)N2CCC(Cn3c(C)nc4ccccc43)CC2)c(OC)c1. The van der Waals surface area contributed by atoms with Crippen molar-refractivity contribution in [1.29, 1.82) is 0 Å². The zero-order valence-corrected chi connectivity index (χ0v) is 17.7. The van der Waals surface area contributed by atoms with Gasteiger partial charge in [-0.25, -0.2) is 9.78 Å². The minimum absolute atomic E-state index is 0.0961. The van der Waals surface area contributed by atoms with Crippen molar-refractivity contribution < 1.29 is 14.3 Å². The molecular formula is C23H28N4O3. The fourth-order valence-corrected chi connectivity index (χ4v) is 4.10.